The van der Waals surface area contributed by atoms with E-state index in [9.17, 15) is 29.1 Å². The average Bonchev–Trinajstić information content (AvgIpc) is 1.71. The normalized spacial score (nSPS) is 21.0. The third kappa shape index (κ3) is 16.5. The number of aliphatic hydroxyl groups excluding tert-OH is 1. The lowest BCUT2D eigenvalue weighted by Crippen LogP contribution is -2.38. The van der Waals surface area contributed by atoms with E-state index in [-0.39, 0.29) is 87.1 Å². The van der Waals surface area contributed by atoms with Gasteiger partial charge in [0.25, 0.3) is 17.0 Å². The van der Waals surface area contributed by atoms with Crippen molar-refractivity contribution >= 4 is 84.8 Å². The van der Waals surface area contributed by atoms with Gasteiger partial charge in [-0.25, -0.2) is 33.9 Å². The van der Waals surface area contributed by atoms with Crippen molar-refractivity contribution in [3.05, 3.63) is 252 Å². The summed E-state index contributed by atoms with van der Waals surface area (Å²) in [5.74, 6) is -0.842. The van der Waals surface area contributed by atoms with E-state index in [0.717, 1.165) is 4.57 Å². The molecule has 0 aliphatic carbocycles. The molecule has 3 aliphatic rings. The minimum Gasteiger partial charge on any atom is -0.497 e. The number of para-hydroxylation sites is 2. The molecule has 36 heteroatoms. The number of aromatic nitrogens is 10. The first-order valence-corrected chi connectivity index (χ1v) is 38.3. The number of halogens is 2. The first-order chi connectivity index (χ1) is 53.1. The highest BCUT2D eigenvalue weighted by Crippen LogP contribution is 2.58. The highest BCUT2D eigenvalue weighted by atomic mass is 35.5. The number of aryl methyl sites for hydroxylation is 1. The summed E-state index contributed by atoms with van der Waals surface area (Å²) in [5, 5.41) is 16.8. The molecule has 3 fully saturated rings. The number of benzene rings is 6. The number of rotatable bonds is 29. The molecule has 0 spiro atoms. The SMILES string of the molecule is COc1ccc(C(OC[C@H]2O[C@@H](n3cnc4c(NC(=O)c5ccccc5)ncnc43)C[C@@H]2OP(=O)(OC[C@H]2O[C@@H](n3cnc4c(=O)[nH]c(NC(=O)C(C)C)nc43)C[C@@H]2OP(=O)(OC[C@H]2O[C@@H](n3cc(C)c(=O)[nH]c3=O)C[C@@H]2O)Oc2ccccc2Cl)Oc2ccccc2Cl)(c2ccccc2)c2ccc(OC)cc2)cc1. The molecule has 8 heterocycles. The molecule has 0 bridgehead atoms. The molecule has 11 aromatic rings. The zero-order chi connectivity index (χ0) is 77.0. The molecule has 32 nitrogen and oxygen atoms in total. The Kier molecular flexibility index (Phi) is 22.8. The van der Waals surface area contributed by atoms with Crippen molar-refractivity contribution in [3.63, 3.8) is 0 Å². The number of nitrogens with zero attached hydrogens (tertiary/aromatic N) is 8. The Morgan fingerprint density at radius 1 is 0.600 bits per heavy atom. The number of phosphoric acid groups is 2. The van der Waals surface area contributed by atoms with Crippen molar-refractivity contribution < 1.29 is 79.4 Å². The summed E-state index contributed by atoms with van der Waals surface area (Å²) in [6.45, 7) is 2.87. The minimum atomic E-state index is -5.27. The molecule has 14 rings (SSSR count). The van der Waals surface area contributed by atoms with E-state index in [0.29, 0.717) is 33.8 Å². The number of carbonyl (C=O) groups excluding carboxylic acids is 2. The third-order valence-corrected chi connectivity index (χ3v) is 22.0. The second-order valence-corrected chi connectivity index (χ2v) is 29.9. The number of aliphatic hydroxyl groups is 1. The van der Waals surface area contributed by atoms with Crippen LogP contribution in [0.2, 0.25) is 10.0 Å². The molecule has 3 saturated heterocycles. The molecule has 11 atom stereocenters. The number of hydrogen-bond acceptors (Lipinski definition) is 25. The standard InChI is InChI=1S/C74H72Cl2N12O20P2/c1-42(2)68(90)83-72-82-67-64(71(93)84-72)80-41-88(67)62-34-56(108-109(95,105-53-22-14-12-20-50(53)75)100-37-57-52(89)32-60(102-57)86-35-43(3)69(91)85-73(86)94)59(104-62)38-101-110(96,106-54-23-15-13-21-51(54)76)107-55-33-61(87-40-79-63-65(77-39-78-66(63)87)81-70(92)44-16-8-6-9-17-44)103-58(55)36-99-74(45-18-10-7-11-19-45,46-24-28-48(97-4)29-25-46)47-26-30-49(98-5)31-27-47/h6-31,35,39-42,52,55-62,89H,32-34,36-38H2,1-5H3,(H,85,91,94)(H,77,78,81,92)(H2,82,83,84,90,93)/t52-,55-,56-,57+,58+,59+,60+,61+,62+,109?,110?/m0/s1. The maximum atomic E-state index is 16.6. The fraction of sp³-hybridized carbons (Fsp3) is 0.297. The molecule has 2 unspecified atom stereocenters. The average molecular weight is 1580 g/mol. The molecule has 572 valence electrons. The lowest BCUT2D eigenvalue weighted by molar-refractivity contribution is -0.119. The van der Waals surface area contributed by atoms with Crippen LogP contribution in [0.4, 0.5) is 11.8 Å². The zero-order valence-corrected chi connectivity index (χ0v) is 62.6. The summed E-state index contributed by atoms with van der Waals surface area (Å²) < 4.78 is 114. The van der Waals surface area contributed by atoms with Crippen molar-refractivity contribution in [2.24, 2.45) is 5.92 Å². The van der Waals surface area contributed by atoms with E-state index in [1.54, 1.807) is 105 Å². The number of anilines is 2. The first-order valence-electron chi connectivity index (χ1n) is 34.6. The number of carbonyl (C=O) groups is 2. The second-order valence-electron chi connectivity index (χ2n) is 26.0. The van der Waals surface area contributed by atoms with E-state index >= 15 is 9.13 Å². The number of amides is 2. The number of nitrogens with one attached hydrogen (secondary N) is 4. The van der Waals surface area contributed by atoms with Gasteiger partial charge in [-0.15, -0.1) is 0 Å². The first kappa shape index (κ1) is 76.5. The molecule has 6 aromatic carbocycles. The largest absolute Gasteiger partial charge is 0.530 e. The smallest absolute Gasteiger partial charge is 0.497 e. The molecule has 0 saturated carbocycles. The summed E-state index contributed by atoms with van der Waals surface area (Å²) in [4.78, 5) is 93.0. The predicted octanol–water partition coefficient (Wildman–Crippen LogP) is 11.4. The molecule has 0 radical (unpaired) electrons. The van der Waals surface area contributed by atoms with Crippen LogP contribution >= 0.6 is 38.8 Å². The monoisotopic (exact) mass is 1580 g/mol. The Bertz CT molecular complexity index is 5400. The van der Waals surface area contributed by atoms with Crippen LogP contribution in [-0.2, 0) is 56.6 Å². The van der Waals surface area contributed by atoms with Crippen LogP contribution in [0.25, 0.3) is 22.3 Å². The lowest BCUT2D eigenvalue weighted by atomic mass is 9.80. The predicted molar refractivity (Wildman–Crippen MR) is 398 cm³/mol. The second kappa shape index (κ2) is 32.7. The molecule has 5 N–H and O–H groups in total. The Hall–Kier alpha value is -10.3. The topological polar surface area (TPSA) is 385 Å². The summed E-state index contributed by atoms with van der Waals surface area (Å²) in [6, 6.07) is 44.7. The number of aromatic amines is 2. The minimum absolute atomic E-state index is 0.0260. The number of ether oxygens (including phenoxy) is 6. The van der Waals surface area contributed by atoms with Crippen molar-refractivity contribution in [2.75, 3.05) is 44.7 Å². The Labute approximate surface area is 636 Å². The van der Waals surface area contributed by atoms with Crippen LogP contribution in [-0.4, -0.2) is 136 Å². The van der Waals surface area contributed by atoms with Gasteiger partial charge in [0.2, 0.25) is 11.9 Å². The molecular weight excluding hydrogens is 1510 g/mol. The quantitative estimate of drug-likeness (QED) is 0.0215. The van der Waals surface area contributed by atoms with E-state index < -0.39 is 124 Å². The highest BCUT2D eigenvalue weighted by molar-refractivity contribution is 7.49. The van der Waals surface area contributed by atoms with Crippen molar-refractivity contribution in [1.82, 2.24) is 48.6 Å². The van der Waals surface area contributed by atoms with Gasteiger partial charge in [0.05, 0.1) is 62.8 Å². The van der Waals surface area contributed by atoms with Crippen molar-refractivity contribution in [1.29, 1.82) is 0 Å². The summed E-state index contributed by atoms with van der Waals surface area (Å²) >= 11 is 13.5. The maximum Gasteiger partial charge on any atom is 0.530 e. The molecular formula is C74H72Cl2N12O20P2. The van der Waals surface area contributed by atoms with Gasteiger partial charge < -0.3 is 47.9 Å². The Balaban J connectivity index is 0.842. The number of H-pyrrole nitrogens is 2. The van der Waals surface area contributed by atoms with Gasteiger partial charge in [0, 0.05) is 42.5 Å². The molecule has 5 aromatic heterocycles. The lowest BCUT2D eigenvalue weighted by Gasteiger charge is -2.37. The van der Waals surface area contributed by atoms with Gasteiger partial charge in [-0.05, 0) is 84.3 Å². The number of hydrogen-bond donors (Lipinski definition) is 5. The van der Waals surface area contributed by atoms with Gasteiger partial charge in [-0.3, -0.25) is 66.3 Å². The number of fused-ring (bicyclic) bond motifs is 2. The van der Waals surface area contributed by atoms with Gasteiger partial charge >= 0.3 is 21.3 Å². The third-order valence-electron chi connectivity index (χ3n) is 18.5. The van der Waals surface area contributed by atoms with Crippen molar-refractivity contribution in [2.45, 2.75) is 101 Å². The number of phosphoric ester groups is 2. The molecule has 110 heavy (non-hydrogen) atoms. The van der Waals surface area contributed by atoms with E-state index in [1.165, 1.54) is 67.0 Å². The summed E-state index contributed by atoms with van der Waals surface area (Å²) in [6.07, 6.45) is -7.37. The van der Waals surface area contributed by atoms with Gasteiger partial charge in [-0.2, -0.15) is 4.98 Å². The summed E-state index contributed by atoms with van der Waals surface area (Å²) in [5.41, 5.74) is -1.00. The zero-order valence-electron chi connectivity index (χ0n) is 59.3. The van der Waals surface area contributed by atoms with Crippen LogP contribution in [0.1, 0.15) is 84.4 Å². The van der Waals surface area contributed by atoms with Crippen LogP contribution in [0.15, 0.2) is 197 Å². The maximum absolute atomic E-state index is 16.6. The van der Waals surface area contributed by atoms with Gasteiger partial charge in [-0.1, -0.05) is 134 Å². The van der Waals surface area contributed by atoms with E-state index in [4.69, 9.17) is 78.8 Å². The molecule has 2 amide bonds. The fourth-order valence-electron chi connectivity index (χ4n) is 12.9. The van der Waals surface area contributed by atoms with Crippen LogP contribution < -0.4 is 46.0 Å². The highest BCUT2D eigenvalue weighted by Gasteiger charge is 2.51. The van der Waals surface area contributed by atoms with Crippen molar-refractivity contribution in [3.8, 4) is 23.0 Å². The van der Waals surface area contributed by atoms with E-state index in [1.807, 2.05) is 54.6 Å². The summed E-state index contributed by atoms with van der Waals surface area (Å²) in [7, 11) is -7.33. The fourth-order valence-corrected chi connectivity index (χ4v) is 16.2. The number of imidazole rings is 2. The molecule has 3 aliphatic heterocycles. The Morgan fingerprint density at radius 2 is 1.11 bits per heavy atom. The van der Waals surface area contributed by atoms with Crippen LogP contribution in [0.3, 0.4) is 0 Å². The Morgan fingerprint density at radius 3 is 1.68 bits per heavy atom. The van der Waals surface area contributed by atoms with E-state index in [2.05, 4.69) is 45.5 Å². The van der Waals surface area contributed by atoms with Gasteiger partial charge in [0.15, 0.2) is 28.1 Å². The van der Waals surface area contributed by atoms with Gasteiger partial charge in [0.1, 0.15) is 84.1 Å². The van der Waals surface area contributed by atoms with Crippen LogP contribution in [0, 0.1) is 12.8 Å². The van der Waals surface area contributed by atoms with Crippen LogP contribution in [0.5, 0.6) is 23.0 Å². The number of methoxy groups -OCH3 is 2.